The highest BCUT2D eigenvalue weighted by Crippen LogP contribution is 2.29. The summed E-state index contributed by atoms with van der Waals surface area (Å²) in [4.78, 5) is 4.31. The summed E-state index contributed by atoms with van der Waals surface area (Å²) in [5, 5.41) is 7.15. The number of hydrazine groups is 1. The fourth-order valence-corrected chi connectivity index (χ4v) is 2.67. The quantitative estimate of drug-likeness (QED) is 0.598. The van der Waals surface area contributed by atoms with E-state index in [0.717, 1.165) is 6.08 Å². The van der Waals surface area contributed by atoms with E-state index in [-0.39, 0.29) is 29.4 Å². The van der Waals surface area contributed by atoms with Crippen LogP contribution in [0.1, 0.15) is 0 Å². The van der Waals surface area contributed by atoms with Crippen LogP contribution < -0.4 is 16.6 Å². The SMILES string of the molecule is Nc1nonc1-c1nc2cccc(F)c2n1CC1=CC=C(C(F)(F)F)NN1. The Morgan fingerprint density at radius 1 is 1.15 bits per heavy atom. The number of aromatic nitrogens is 4. The fraction of sp³-hybridized carbons (Fsp3) is 0.133. The van der Waals surface area contributed by atoms with Crippen LogP contribution in [-0.2, 0) is 6.54 Å². The zero-order chi connectivity index (χ0) is 19.2. The molecule has 27 heavy (non-hydrogen) atoms. The number of imidazole rings is 1. The van der Waals surface area contributed by atoms with Crippen LogP contribution in [0.15, 0.2) is 46.4 Å². The fourth-order valence-electron chi connectivity index (χ4n) is 2.67. The largest absolute Gasteiger partial charge is 0.432 e. The summed E-state index contributed by atoms with van der Waals surface area (Å²) in [5.74, 6) is -0.436. The number of benzene rings is 1. The monoisotopic (exact) mass is 381 g/mol. The van der Waals surface area contributed by atoms with E-state index < -0.39 is 17.7 Å². The van der Waals surface area contributed by atoms with Crippen LogP contribution in [-0.4, -0.2) is 26.0 Å². The normalized spacial score (nSPS) is 14.5. The number of para-hydroxylation sites is 1. The van der Waals surface area contributed by atoms with E-state index in [2.05, 4.69) is 30.8 Å². The number of nitrogens with two attached hydrogens (primary N) is 1. The zero-order valence-electron chi connectivity index (χ0n) is 13.4. The van der Waals surface area contributed by atoms with E-state index in [9.17, 15) is 17.6 Å². The van der Waals surface area contributed by atoms with Crippen molar-refractivity contribution in [3.63, 3.8) is 0 Å². The lowest BCUT2D eigenvalue weighted by Gasteiger charge is -2.21. The average molecular weight is 381 g/mol. The van der Waals surface area contributed by atoms with Gasteiger partial charge in [-0.15, -0.1) is 0 Å². The molecule has 3 heterocycles. The Labute approximate surface area is 148 Å². The van der Waals surface area contributed by atoms with Crippen LogP contribution in [0.3, 0.4) is 0 Å². The Morgan fingerprint density at radius 2 is 1.96 bits per heavy atom. The first-order valence-corrected chi connectivity index (χ1v) is 7.58. The molecule has 1 aliphatic rings. The molecular weight excluding hydrogens is 370 g/mol. The maximum atomic E-state index is 14.4. The van der Waals surface area contributed by atoms with Gasteiger partial charge in [-0.2, -0.15) is 13.2 Å². The Kier molecular flexibility index (Phi) is 3.75. The summed E-state index contributed by atoms with van der Waals surface area (Å²) in [6, 6.07) is 4.32. The molecule has 4 rings (SSSR count). The standard InChI is InChI=1S/C15H11F4N7O/c16-8-2-1-3-9-12(8)26(14(21-9)11-13(20)25-27-24-11)6-7-4-5-10(23-22-7)15(17,18)19/h1-5,22-23H,6H2,(H2,20,25). The van der Waals surface area contributed by atoms with Gasteiger partial charge in [0.25, 0.3) is 0 Å². The van der Waals surface area contributed by atoms with E-state index in [0.29, 0.717) is 11.2 Å². The number of halogens is 4. The molecule has 1 aromatic carbocycles. The molecule has 12 heteroatoms. The van der Waals surface area contributed by atoms with Crippen molar-refractivity contribution < 1.29 is 22.2 Å². The number of nitrogen functional groups attached to an aromatic ring is 1. The van der Waals surface area contributed by atoms with Crippen molar-refractivity contribution in [1.29, 1.82) is 0 Å². The second-order valence-corrected chi connectivity index (χ2v) is 5.65. The number of rotatable bonds is 3. The number of fused-ring (bicyclic) bond motifs is 1. The summed E-state index contributed by atoms with van der Waals surface area (Å²) in [5.41, 5.74) is 10.2. The molecule has 1 aliphatic heterocycles. The highest BCUT2D eigenvalue weighted by Gasteiger charge is 2.34. The molecule has 0 atom stereocenters. The van der Waals surface area contributed by atoms with Crippen LogP contribution in [0.4, 0.5) is 23.4 Å². The average Bonchev–Trinajstić information content (AvgIpc) is 3.19. The van der Waals surface area contributed by atoms with Crippen LogP contribution in [0.2, 0.25) is 0 Å². The lowest BCUT2D eigenvalue weighted by atomic mass is 10.2. The number of anilines is 1. The summed E-state index contributed by atoms with van der Waals surface area (Å²) in [7, 11) is 0. The lowest BCUT2D eigenvalue weighted by molar-refractivity contribution is -0.0980. The van der Waals surface area contributed by atoms with Gasteiger partial charge in [-0.05, 0) is 34.6 Å². The molecule has 0 bridgehead atoms. The molecule has 0 radical (unpaired) electrons. The van der Waals surface area contributed by atoms with Crippen LogP contribution >= 0.6 is 0 Å². The maximum Gasteiger partial charge on any atom is 0.432 e. The van der Waals surface area contributed by atoms with E-state index in [1.54, 1.807) is 6.07 Å². The molecule has 8 nitrogen and oxygen atoms in total. The number of nitrogens with one attached hydrogen (secondary N) is 2. The Hall–Kier alpha value is -3.57. The predicted molar refractivity (Wildman–Crippen MR) is 85.9 cm³/mol. The van der Waals surface area contributed by atoms with Crippen molar-refractivity contribution in [3.05, 3.63) is 47.6 Å². The van der Waals surface area contributed by atoms with Crippen molar-refractivity contribution in [2.45, 2.75) is 12.7 Å². The lowest BCUT2D eigenvalue weighted by Crippen LogP contribution is -2.39. The number of allylic oxidation sites excluding steroid dienone is 4. The van der Waals surface area contributed by atoms with Crippen LogP contribution in [0.5, 0.6) is 0 Å². The molecule has 0 spiro atoms. The van der Waals surface area contributed by atoms with Gasteiger partial charge in [-0.1, -0.05) is 6.07 Å². The van der Waals surface area contributed by atoms with E-state index in [1.807, 2.05) is 0 Å². The highest BCUT2D eigenvalue weighted by atomic mass is 19.4. The first-order valence-electron chi connectivity index (χ1n) is 7.58. The Bertz CT molecular complexity index is 1080. The molecule has 140 valence electrons. The summed E-state index contributed by atoms with van der Waals surface area (Å²) in [6.45, 7) is -0.0340. The number of hydrogen-bond donors (Lipinski definition) is 3. The number of alkyl halides is 3. The third-order valence-electron chi connectivity index (χ3n) is 3.89. The van der Waals surface area contributed by atoms with Crippen molar-refractivity contribution in [3.8, 4) is 11.5 Å². The zero-order valence-corrected chi connectivity index (χ0v) is 13.4. The number of nitrogens with zero attached hydrogens (tertiary/aromatic N) is 4. The van der Waals surface area contributed by atoms with E-state index in [4.69, 9.17) is 5.73 Å². The van der Waals surface area contributed by atoms with Gasteiger partial charge in [0.1, 0.15) is 17.0 Å². The molecule has 2 aromatic heterocycles. The maximum absolute atomic E-state index is 14.4. The molecule has 0 fully saturated rings. The van der Waals surface area contributed by atoms with Crippen LogP contribution in [0.25, 0.3) is 22.6 Å². The molecule has 0 unspecified atom stereocenters. The third kappa shape index (κ3) is 2.94. The van der Waals surface area contributed by atoms with Crippen molar-refractivity contribution in [1.82, 2.24) is 30.7 Å². The van der Waals surface area contributed by atoms with E-state index >= 15 is 0 Å². The highest BCUT2D eigenvalue weighted by molar-refractivity contribution is 5.82. The van der Waals surface area contributed by atoms with Gasteiger partial charge < -0.3 is 15.7 Å². The molecular formula is C15H11F4N7O. The minimum Gasteiger partial charge on any atom is -0.379 e. The van der Waals surface area contributed by atoms with Gasteiger partial charge in [-0.25, -0.2) is 14.0 Å². The Balaban J connectivity index is 1.81. The summed E-state index contributed by atoms with van der Waals surface area (Å²) in [6.07, 6.45) is -2.40. The molecule has 4 N–H and O–H groups in total. The summed E-state index contributed by atoms with van der Waals surface area (Å²) >= 11 is 0. The molecule has 0 amide bonds. The summed E-state index contributed by atoms with van der Waals surface area (Å²) < 4.78 is 58.5. The van der Waals surface area contributed by atoms with Crippen molar-refractivity contribution in [2.75, 3.05) is 5.73 Å². The minimum absolute atomic E-state index is 0.0340. The first kappa shape index (κ1) is 16.9. The smallest absolute Gasteiger partial charge is 0.379 e. The third-order valence-corrected chi connectivity index (χ3v) is 3.89. The van der Waals surface area contributed by atoms with E-state index in [1.165, 1.54) is 22.8 Å². The minimum atomic E-state index is -4.52. The van der Waals surface area contributed by atoms with Gasteiger partial charge in [0.2, 0.25) is 0 Å². The molecule has 0 saturated carbocycles. The van der Waals surface area contributed by atoms with Gasteiger partial charge in [0.05, 0.1) is 17.8 Å². The van der Waals surface area contributed by atoms with Gasteiger partial charge >= 0.3 is 6.18 Å². The van der Waals surface area contributed by atoms with Gasteiger partial charge in [-0.3, -0.25) is 5.43 Å². The van der Waals surface area contributed by atoms with Crippen molar-refractivity contribution >= 4 is 16.9 Å². The second kappa shape index (κ2) is 6.00. The Morgan fingerprint density at radius 3 is 2.59 bits per heavy atom. The second-order valence-electron chi connectivity index (χ2n) is 5.65. The first-order chi connectivity index (χ1) is 12.8. The van der Waals surface area contributed by atoms with Crippen molar-refractivity contribution in [2.24, 2.45) is 0 Å². The molecule has 3 aromatic rings. The molecule has 0 aliphatic carbocycles. The predicted octanol–water partition coefficient (Wildman–Crippen LogP) is 2.25. The van der Waals surface area contributed by atoms with Gasteiger partial charge in [0.15, 0.2) is 17.3 Å². The molecule has 0 saturated heterocycles. The number of hydrogen-bond acceptors (Lipinski definition) is 7. The van der Waals surface area contributed by atoms with Crippen LogP contribution in [0, 0.1) is 5.82 Å². The topological polar surface area (TPSA) is 107 Å². The van der Waals surface area contributed by atoms with Gasteiger partial charge in [0, 0.05) is 0 Å².